The van der Waals surface area contributed by atoms with E-state index in [1.807, 2.05) is 30.7 Å². The summed E-state index contributed by atoms with van der Waals surface area (Å²) in [7, 11) is 0. The van der Waals surface area contributed by atoms with E-state index in [-0.39, 0.29) is 5.78 Å². The summed E-state index contributed by atoms with van der Waals surface area (Å²) in [6, 6.07) is 7.11. The second-order valence-electron chi connectivity index (χ2n) is 4.24. The van der Waals surface area contributed by atoms with E-state index in [1.165, 1.54) is 0 Å². The summed E-state index contributed by atoms with van der Waals surface area (Å²) < 4.78 is 2.74. The van der Waals surface area contributed by atoms with Crippen LogP contribution in [0.3, 0.4) is 0 Å². The van der Waals surface area contributed by atoms with Gasteiger partial charge in [-0.1, -0.05) is 23.7 Å². The molecule has 3 nitrogen and oxygen atoms in total. The Kier molecular flexibility index (Phi) is 4.42. The van der Waals surface area contributed by atoms with Crippen LogP contribution in [0.1, 0.15) is 28.7 Å². The van der Waals surface area contributed by atoms with E-state index in [9.17, 15) is 4.79 Å². The van der Waals surface area contributed by atoms with Crippen LogP contribution in [0.5, 0.6) is 0 Å². The van der Waals surface area contributed by atoms with Crippen molar-refractivity contribution in [2.45, 2.75) is 26.8 Å². The lowest BCUT2D eigenvalue weighted by Crippen LogP contribution is -2.10. The summed E-state index contributed by atoms with van der Waals surface area (Å²) >= 11 is 9.54. The highest BCUT2D eigenvalue weighted by Crippen LogP contribution is 2.24. The number of nitrogens with zero attached hydrogens (tertiary/aromatic N) is 2. The molecular weight excluding hydrogens is 328 g/mol. The van der Waals surface area contributed by atoms with E-state index in [0.29, 0.717) is 17.0 Å². The van der Waals surface area contributed by atoms with Gasteiger partial charge in [-0.2, -0.15) is 5.10 Å². The molecule has 0 aliphatic carbocycles. The fraction of sp³-hybridized carbons (Fsp3) is 0.286. The lowest BCUT2D eigenvalue weighted by molar-refractivity contribution is 0.0990. The number of hydrogen-bond donors (Lipinski definition) is 0. The molecule has 2 aromatic rings. The molecule has 2 rings (SSSR count). The Labute approximate surface area is 125 Å². The van der Waals surface area contributed by atoms with Crippen LogP contribution in [0, 0.1) is 6.92 Å². The number of benzene rings is 1. The number of carbonyl (C=O) groups is 1. The number of hydrogen-bond acceptors (Lipinski definition) is 2. The molecule has 100 valence electrons. The summed E-state index contributed by atoms with van der Waals surface area (Å²) in [6.45, 7) is 4.65. The normalized spacial score (nSPS) is 10.7. The summed E-state index contributed by atoms with van der Waals surface area (Å²) in [5.41, 5.74) is 2.34. The van der Waals surface area contributed by atoms with Crippen LogP contribution in [0.25, 0.3) is 0 Å². The predicted molar refractivity (Wildman–Crippen MR) is 79.8 cm³/mol. The van der Waals surface area contributed by atoms with Crippen molar-refractivity contribution in [1.29, 1.82) is 0 Å². The Hall–Kier alpha value is -1.13. The smallest absolute Gasteiger partial charge is 0.170 e. The minimum atomic E-state index is 0.000833. The van der Waals surface area contributed by atoms with Gasteiger partial charge in [0, 0.05) is 12.1 Å². The van der Waals surface area contributed by atoms with Gasteiger partial charge in [-0.15, -0.1) is 0 Å². The highest BCUT2D eigenvalue weighted by Gasteiger charge is 2.17. The topological polar surface area (TPSA) is 34.9 Å². The number of aryl methyl sites for hydroxylation is 2. The maximum Gasteiger partial charge on any atom is 0.170 e. The van der Waals surface area contributed by atoms with Crippen LogP contribution < -0.4 is 0 Å². The molecule has 0 saturated heterocycles. The molecule has 5 heteroatoms. The van der Waals surface area contributed by atoms with Gasteiger partial charge in [-0.3, -0.25) is 9.48 Å². The van der Waals surface area contributed by atoms with Crippen LogP contribution in [0.4, 0.5) is 0 Å². The van der Waals surface area contributed by atoms with Crippen molar-refractivity contribution in [3.8, 4) is 0 Å². The molecule has 0 saturated carbocycles. The molecule has 0 unspecified atom stereocenters. The number of rotatable bonds is 4. The molecule has 0 spiro atoms. The maximum atomic E-state index is 12.3. The van der Waals surface area contributed by atoms with Crippen molar-refractivity contribution >= 4 is 33.3 Å². The van der Waals surface area contributed by atoms with E-state index in [4.69, 9.17) is 11.6 Å². The molecule has 0 atom stereocenters. The third-order valence-corrected chi connectivity index (χ3v) is 4.32. The van der Waals surface area contributed by atoms with Crippen molar-refractivity contribution in [3.63, 3.8) is 0 Å². The lowest BCUT2D eigenvalue weighted by atomic mass is 10.1. The third-order valence-electron chi connectivity index (χ3n) is 2.96. The first-order valence-corrected chi connectivity index (χ1v) is 7.21. The molecule has 0 fully saturated rings. The molecule has 0 amide bonds. The van der Waals surface area contributed by atoms with Gasteiger partial charge >= 0.3 is 0 Å². The van der Waals surface area contributed by atoms with Crippen molar-refractivity contribution in [1.82, 2.24) is 9.78 Å². The van der Waals surface area contributed by atoms with E-state index < -0.39 is 0 Å². The number of carbonyl (C=O) groups excluding carboxylic acids is 1. The number of aromatic nitrogens is 2. The Morgan fingerprint density at radius 2 is 2.11 bits per heavy atom. The van der Waals surface area contributed by atoms with Crippen LogP contribution in [-0.2, 0) is 13.0 Å². The van der Waals surface area contributed by atoms with Crippen LogP contribution in [0.15, 0.2) is 28.7 Å². The average Bonchev–Trinajstić information content (AvgIpc) is 2.67. The molecule has 1 aromatic carbocycles. The third kappa shape index (κ3) is 2.90. The molecule has 0 aliphatic heterocycles. The van der Waals surface area contributed by atoms with E-state index >= 15 is 0 Å². The average molecular weight is 342 g/mol. The fourth-order valence-corrected chi connectivity index (χ4v) is 2.64. The van der Waals surface area contributed by atoms with Crippen LogP contribution in [0.2, 0.25) is 5.02 Å². The predicted octanol–water partition coefficient (Wildman–Crippen LogP) is 4.05. The maximum absolute atomic E-state index is 12.3. The minimum absolute atomic E-state index is 0.000833. The lowest BCUT2D eigenvalue weighted by Gasteiger charge is -2.06. The van der Waals surface area contributed by atoms with Crippen molar-refractivity contribution < 1.29 is 4.79 Å². The molecule has 0 radical (unpaired) electrons. The Bertz CT molecular complexity index is 622. The number of ketones is 1. The summed E-state index contributed by atoms with van der Waals surface area (Å²) in [4.78, 5) is 12.3. The largest absolute Gasteiger partial charge is 0.294 e. The van der Waals surface area contributed by atoms with Gasteiger partial charge in [0.1, 0.15) is 0 Å². The quantitative estimate of drug-likeness (QED) is 0.786. The zero-order chi connectivity index (χ0) is 14.0. The second-order valence-corrected chi connectivity index (χ2v) is 5.44. The highest BCUT2D eigenvalue weighted by atomic mass is 79.9. The Morgan fingerprint density at radius 3 is 2.74 bits per heavy atom. The molecule has 19 heavy (non-hydrogen) atoms. The van der Waals surface area contributed by atoms with Gasteiger partial charge in [-0.05, 0) is 41.9 Å². The van der Waals surface area contributed by atoms with Gasteiger partial charge in [0.15, 0.2) is 5.78 Å². The first-order valence-electron chi connectivity index (χ1n) is 6.04. The van der Waals surface area contributed by atoms with Gasteiger partial charge in [0.2, 0.25) is 0 Å². The second kappa shape index (κ2) is 5.88. The summed E-state index contributed by atoms with van der Waals surface area (Å²) in [6.07, 6.45) is 0.291. The van der Waals surface area contributed by atoms with Gasteiger partial charge < -0.3 is 0 Å². The van der Waals surface area contributed by atoms with E-state index in [1.54, 1.807) is 12.1 Å². The van der Waals surface area contributed by atoms with Crippen molar-refractivity contribution in [2.75, 3.05) is 0 Å². The van der Waals surface area contributed by atoms with Gasteiger partial charge in [0.25, 0.3) is 0 Å². The van der Waals surface area contributed by atoms with E-state index in [0.717, 1.165) is 22.4 Å². The Morgan fingerprint density at radius 1 is 1.42 bits per heavy atom. The van der Waals surface area contributed by atoms with Crippen molar-refractivity contribution in [3.05, 3.63) is 50.7 Å². The minimum Gasteiger partial charge on any atom is -0.294 e. The van der Waals surface area contributed by atoms with Crippen LogP contribution in [-0.4, -0.2) is 15.6 Å². The summed E-state index contributed by atoms with van der Waals surface area (Å²) in [5.74, 6) is 0.000833. The molecule has 1 aromatic heterocycles. The molecule has 0 N–H and O–H groups in total. The zero-order valence-corrected chi connectivity index (χ0v) is 13.1. The molecule has 0 bridgehead atoms. The SMILES string of the molecule is CCn1nc(C)c(Br)c1CC(=O)c1ccccc1Cl. The summed E-state index contributed by atoms with van der Waals surface area (Å²) in [5, 5.41) is 4.87. The van der Waals surface area contributed by atoms with Crippen molar-refractivity contribution in [2.24, 2.45) is 0 Å². The number of halogens is 2. The molecule has 0 aliphatic rings. The highest BCUT2D eigenvalue weighted by molar-refractivity contribution is 9.10. The van der Waals surface area contributed by atoms with E-state index in [2.05, 4.69) is 21.0 Å². The number of Topliss-reactive ketones (excluding diaryl/α,β-unsaturated/α-hetero) is 1. The molecular formula is C14H14BrClN2O. The Balaban J connectivity index is 2.32. The van der Waals surface area contributed by atoms with Gasteiger partial charge in [-0.25, -0.2) is 0 Å². The molecule has 1 heterocycles. The van der Waals surface area contributed by atoms with Gasteiger partial charge in [0.05, 0.1) is 27.3 Å². The zero-order valence-electron chi connectivity index (χ0n) is 10.8. The standard InChI is InChI=1S/C14H14BrClN2O/c1-3-18-12(14(15)9(2)17-18)8-13(19)10-6-4-5-7-11(10)16/h4-7H,3,8H2,1-2H3. The first-order chi connectivity index (χ1) is 9.04. The van der Waals surface area contributed by atoms with Crippen LogP contribution >= 0.6 is 27.5 Å². The monoisotopic (exact) mass is 340 g/mol. The fourth-order valence-electron chi connectivity index (χ4n) is 1.97. The first kappa shape index (κ1) is 14.3.